The van der Waals surface area contributed by atoms with Crippen LogP contribution in [0.3, 0.4) is 0 Å². The first-order chi connectivity index (χ1) is 9.88. The Balaban J connectivity index is 2.19. The highest BCUT2D eigenvalue weighted by atomic mass is 15.2. The Kier molecular flexibility index (Phi) is 5.04. The zero-order valence-corrected chi connectivity index (χ0v) is 14.0. The van der Waals surface area contributed by atoms with Gasteiger partial charge in [0.2, 0.25) is 0 Å². The van der Waals surface area contributed by atoms with Gasteiger partial charge < -0.3 is 15.5 Å². The first-order valence-electron chi connectivity index (χ1n) is 7.97. The summed E-state index contributed by atoms with van der Waals surface area (Å²) in [6, 6.07) is 2.49. The van der Waals surface area contributed by atoms with E-state index in [9.17, 15) is 0 Å². The Morgan fingerprint density at radius 3 is 2.62 bits per heavy atom. The second-order valence-corrected chi connectivity index (χ2v) is 6.99. The molecule has 5 nitrogen and oxygen atoms in total. The number of hydrogen-bond acceptors (Lipinski definition) is 5. The Morgan fingerprint density at radius 2 is 2.00 bits per heavy atom. The third-order valence-electron chi connectivity index (χ3n) is 3.73. The Morgan fingerprint density at radius 1 is 1.29 bits per heavy atom. The molecule has 0 saturated carbocycles. The van der Waals surface area contributed by atoms with E-state index < -0.39 is 0 Å². The molecule has 1 fully saturated rings. The van der Waals surface area contributed by atoms with Crippen LogP contribution in [-0.2, 0) is 5.41 Å². The number of anilines is 2. The zero-order valence-electron chi connectivity index (χ0n) is 14.0. The van der Waals surface area contributed by atoms with E-state index in [1.54, 1.807) is 0 Å². The van der Waals surface area contributed by atoms with Gasteiger partial charge in [-0.15, -0.1) is 0 Å². The molecule has 0 aromatic carbocycles. The molecule has 0 spiro atoms. The highest BCUT2D eigenvalue weighted by molar-refractivity contribution is 5.48. The normalized spacial score (nSPS) is 20.3. The first kappa shape index (κ1) is 16.0. The van der Waals surface area contributed by atoms with Crippen LogP contribution >= 0.6 is 0 Å². The zero-order chi connectivity index (χ0) is 15.5. The third kappa shape index (κ3) is 4.56. The Labute approximate surface area is 128 Å². The molecule has 21 heavy (non-hydrogen) atoms. The maximum absolute atomic E-state index is 4.73. The number of likely N-dealkylation sites (N-methyl/N-ethyl adjacent to an activating group) is 1. The minimum absolute atomic E-state index is 0.0504. The molecular weight excluding hydrogens is 262 g/mol. The number of piperidine rings is 1. The second-order valence-electron chi connectivity index (χ2n) is 6.99. The number of hydrogen-bond donors (Lipinski definition) is 2. The van der Waals surface area contributed by atoms with Crippen LogP contribution in [0.4, 0.5) is 11.6 Å². The summed E-state index contributed by atoms with van der Waals surface area (Å²) in [6.45, 7) is 11.7. The van der Waals surface area contributed by atoms with E-state index in [0.717, 1.165) is 30.5 Å². The smallest absolute Gasteiger partial charge is 0.138 e. The van der Waals surface area contributed by atoms with Crippen molar-refractivity contribution in [3.05, 3.63) is 11.9 Å². The van der Waals surface area contributed by atoms with Crippen molar-refractivity contribution >= 4 is 11.6 Å². The lowest BCUT2D eigenvalue weighted by Crippen LogP contribution is -2.40. The molecule has 0 radical (unpaired) electrons. The standard InChI is InChI=1S/C16H29N5/c1-6-17-13-10-14(20-15(19-13)16(2,3)4)18-12-8-7-9-21(5)11-12/h10,12H,6-9,11H2,1-5H3,(H2,17,18,19,20). The van der Waals surface area contributed by atoms with E-state index in [-0.39, 0.29) is 5.41 Å². The van der Waals surface area contributed by atoms with Gasteiger partial charge in [-0.3, -0.25) is 0 Å². The molecule has 1 aromatic heterocycles. The predicted molar refractivity (Wildman–Crippen MR) is 89.0 cm³/mol. The number of aromatic nitrogens is 2. The van der Waals surface area contributed by atoms with Gasteiger partial charge in [0, 0.05) is 30.6 Å². The van der Waals surface area contributed by atoms with Crippen LogP contribution in [0.15, 0.2) is 6.07 Å². The second kappa shape index (κ2) is 6.60. The van der Waals surface area contributed by atoms with Crippen LogP contribution in [0, 0.1) is 0 Å². The van der Waals surface area contributed by atoms with Crippen molar-refractivity contribution in [1.82, 2.24) is 14.9 Å². The van der Waals surface area contributed by atoms with Crippen molar-refractivity contribution in [1.29, 1.82) is 0 Å². The lowest BCUT2D eigenvalue weighted by molar-refractivity contribution is 0.260. The summed E-state index contributed by atoms with van der Waals surface area (Å²) in [5.74, 6) is 2.72. The SMILES string of the molecule is CCNc1cc(NC2CCCN(C)C2)nc(C(C)(C)C)n1. The van der Waals surface area contributed by atoms with Crippen molar-refractivity contribution in [2.75, 3.05) is 37.3 Å². The molecule has 0 amide bonds. The Bertz CT molecular complexity index is 466. The highest BCUT2D eigenvalue weighted by Gasteiger charge is 2.21. The van der Waals surface area contributed by atoms with Gasteiger partial charge in [-0.05, 0) is 33.4 Å². The predicted octanol–water partition coefficient (Wildman–Crippen LogP) is 2.71. The van der Waals surface area contributed by atoms with Crippen LogP contribution in [-0.4, -0.2) is 47.6 Å². The van der Waals surface area contributed by atoms with Crippen LogP contribution < -0.4 is 10.6 Å². The highest BCUT2D eigenvalue weighted by Crippen LogP contribution is 2.23. The molecule has 1 aliphatic heterocycles. The maximum Gasteiger partial charge on any atom is 0.138 e. The maximum atomic E-state index is 4.73. The van der Waals surface area contributed by atoms with Gasteiger partial charge in [0.25, 0.3) is 0 Å². The van der Waals surface area contributed by atoms with Crippen LogP contribution in [0.25, 0.3) is 0 Å². The summed E-state index contributed by atoms with van der Waals surface area (Å²) in [7, 11) is 2.18. The van der Waals surface area contributed by atoms with Gasteiger partial charge >= 0.3 is 0 Å². The van der Waals surface area contributed by atoms with Crippen molar-refractivity contribution in [3.63, 3.8) is 0 Å². The van der Waals surface area contributed by atoms with Gasteiger partial charge in [0.1, 0.15) is 17.5 Å². The molecule has 5 heteroatoms. The lowest BCUT2D eigenvalue weighted by atomic mass is 9.95. The van der Waals surface area contributed by atoms with Gasteiger partial charge in [-0.25, -0.2) is 9.97 Å². The fourth-order valence-electron chi connectivity index (χ4n) is 2.62. The molecule has 118 valence electrons. The van der Waals surface area contributed by atoms with Crippen molar-refractivity contribution in [2.45, 2.75) is 52.0 Å². The monoisotopic (exact) mass is 291 g/mol. The summed E-state index contributed by atoms with van der Waals surface area (Å²) in [5, 5.41) is 6.89. The van der Waals surface area contributed by atoms with E-state index in [1.165, 1.54) is 19.4 Å². The average Bonchev–Trinajstić information content (AvgIpc) is 2.37. The van der Waals surface area contributed by atoms with Crippen LogP contribution in [0.1, 0.15) is 46.4 Å². The van der Waals surface area contributed by atoms with Gasteiger partial charge in [0.15, 0.2) is 0 Å². The van der Waals surface area contributed by atoms with E-state index in [1.807, 2.05) is 6.07 Å². The van der Waals surface area contributed by atoms with E-state index in [2.05, 4.69) is 55.3 Å². The lowest BCUT2D eigenvalue weighted by Gasteiger charge is -2.31. The summed E-state index contributed by atoms with van der Waals surface area (Å²) < 4.78 is 0. The quantitative estimate of drug-likeness (QED) is 0.893. The van der Waals surface area contributed by atoms with E-state index in [4.69, 9.17) is 4.98 Å². The number of nitrogens with one attached hydrogen (secondary N) is 2. The number of nitrogens with zero attached hydrogens (tertiary/aromatic N) is 3. The van der Waals surface area contributed by atoms with Gasteiger partial charge in [0.05, 0.1) is 0 Å². The van der Waals surface area contributed by atoms with Crippen LogP contribution in [0.2, 0.25) is 0 Å². The number of rotatable bonds is 4. The molecule has 1 unspecified atom stereocenters. The molecule has 0 bridgehead atoms. The van der Waals surface area contributed by atoms with E-state index >= 15 is 0 Å². The van der Waals surface area contributed by atoms with Crippen molar-refractivity contribution in [3.8, 4) is 0 Å². The molecule has 2 N–H and O–H groups in total. The van der Waals surface area contributed by atoms with Gasteiger partial charge in [-0.2, -0.15) is 0 Å². The van der Waals surface area contributed by atoms with E-state index in [0.29, 0.717) is 6.04 Å². The molecule has 1 aliphatic rings. The third-order valence-corrected chi connectivity index (χ3v) is 3.73. The molecule has 1 aromatic rings. The van der Waals surface area contributed by atoms with Crippen LogP contribution in [0.5, 0.6) is 0 Å². The minimum Gasteiger partial charge on any atom is -0.370 e. The fraction of sp³-hybridized carbons (Fsp3) is 0.750. The molecule has 0 aliphatic carbocycles. The average molecular weight is 291 g/mol. The molecule has 1 atom stereocenters. The fourth-order valence-corrected chi connectivity index (χ4v) is 2.62. The van der Waals surface area contributed by atoms with Gasteiger partial charge in [-0.1, -0.05) is 20.8 Å². The summed E-state index contributed by atoms with van der Waals surface area (Å²) >= 11 is 0. The topological polar surface area (TPSA) is 53.1 Å². The largest absolute Gasteiger partial charge is 0.370 e. The summed E-state index contributed by atoms with van der Waals surface area (Å²) in [5.41, 5.74) is -0.0504. The van der Waals surface area contributed by atoms with Crippen molar-refractivity contribution in [2.24, 2.45) is 0 Å². The molecular formula is C16H29N5. The first-order valence-corrected chi connectivity index (χ1v) is 7.97. The molecule has 2 rings (SSSR count). The molecule has 1 saturated heterocycles. The summed E-state index contributed by atoms with van der Waals surface area (Å²) in [4.78, 5) is 11.7. The summed E-state index contributed by atoms with van der Waals surface area (Å²) in [6.07, 6.45) is 2.45. The minimum atomic E-state index is -0.0504. The number of likely N-dealkylation sites (tertiary alicyclic amines) is 1. The molecule has 2 heterocycles. The van der Waals surface area contributed by atoms with Crippen molar-refractivity contribution < 1.29 is 0 Å². The Hall–Kier alpha value is -1.36.